The fourth-order valence-electron chi connectivity index (χ4n) is 5.15. The molecule has 0 spiro atoms. The monoisotopic (exact) mass is 500 g/mol. The van der Waals surface area contributed by atoms with Gasteiger partial charge in [0.1, 0.15) is 0 Å². The van der Waals surface area contributed by atoms with E-state index in [-0.39, 0.29) is 28.0 Å². The number of carbonyl (C=O) groups excluding carboxylic acids is 2. The van der Waals surface area contributed by atoms with Crippen LogP contribution in [0.15, 0.2) is 90.5 Å². The van der Waals surface area contributed by atoms with E-state index in [0.717, 1.165) is 45.3 Å². The normalized spacial score (nSPS) is 14.0. The molecule has 0 amide bonds. The number of ketones is 2. The fourth-order valence-corrected chi connectivity index (χ4v) is 5.15. The van der Waals surface area contributed by atoms with Crippen molar-refractivity contribution in [3.05, 3.63) is 113 Å². The Kier molecular flexibility index (Phi) is 5.46. The average Bonchev–Trinajstić information content (AvgIpc) is 3.39. The molecule has 0 atom stereocenters. The van der Waals surface area contributed by atoms with E-state index in [0.29, 0.717) is 0 Å². The van der Waals surface area contributed by atoms with E-state index in [1.807, 2.05) is 30.3 Å². The zero-order chi connectivity index (χ0) is 26.6. The smallest absolute Gasteiger partial charge is 0.335 e. The topological polar surface area (TPSA) is 79.6 Å². The molecule has 38 heavy (non-hydrogen) atoms. The van der Waals surface area contributed by atoms with E-state index in [1.54, 1.807) is 6.08 Å². The maximum Gasteiger partial charge on any atom is 0.335 e. The van der Waals surface area contributed by atoms with E-state index >= 15 is 0 Å². The Balaban J connectivity index is 1.46. The van der Waals surface area contributed by atoms with Gasteiger partial charge in [-0.15, -0.1) is 0 Å². The van der Waals surface area contributed by atoms with Gasteiger partial charge in [-0.1, -0.05) is 24.3 Å². The minimum absolute atomic E-state index is 0.0187. The third-order valence-corrected chi connectivity index (χ3v) is 7.28. The van der Waals surface area contributed by atoms with Crippen molar-refractivity contribution in [2.24, 2.45) is 0 Å². The zero-order valence-electron chi connectivity index (χ0n) is 20.9. The number of carbonyl (C=O) groups is 3. The van der Waals surface area contributed by atoms with Gasteiger partial charge in [0.25, 0.3) is 0 Å². The van der Waals surface area contributed by atoms with Gasteiger partial charge < -0.3 is 14.6 Å². The number of para-hydroxylation sites is 1. The van der Waals surface area contributed by atoms with Crippen molar-refractivity contribution in [3.8, 4) is 5.69 Å². The number of nitrogens with zero attached hydrogens (tertiary/aromatic N) is 2. The highest BCUT2D eigenvalue weighted by Crippen LogP contribution is 2.35. The Bertz CT molecular complexity index is 1830. The molecule has 0 bridgehead atoms. The molecule has 186 valence electrons. The highest BCUT2D eigenvalue weighted by molar-refractivity contribution is 6.41. The molecule has 5 aromatic rings. The number of hydrogen-bond acceptors (Lipinski definition) is 4. The molecule has 6 rings (SSSR count). The summed E-state index contributed by atoms with van der Waals surface area (Å²) in [7, 11) is 2.06. The first kappa shape index (κ1) is 23.4. The van der Waals surface area contributed by atoms with Gasteiger partial charge in [0.15, 0.2) is 11.6 Å². The number of aromatic carboxylic acids is 1. The van der Waals surface area contributed by atoms with Gasteiger partial charge in [0.2, 0.25) is 0 Å². The van der Waals surface area contributed by atoms with E-state index in [9.17, 15) is 19.5 Å². The van der Waals surface area contributed by atoms with Crippen molar-refractivity contribution in [2.75, 3.05) is 18.5 Å². The number of allylic oxidation sites excluding steroid dienone is 1. The third-order valence-electron chi connectivity index (χ3n) is 7.28. The number of anilines is 1. The second-order valence-electron chi connectivity index (χ2n) is 9.44. The molecule has 4 aromatic carbocycles. The highest BCUT2D eigenvalue weighted by Gasteiger charge is 2.33. The van der Waals surface area contributed by atoms with Crippen LogP contribution in [-0.2, 0) is 0 Å². The summed E-state index contributed by atoms with van der Waals surface area (Å²) in [6.07, 6.45) is 1.60. The van der Waals surface area contributed by atoms with Crippen LogP contribution < -0.4 is 4.90 Å². The van der Waals surface area contributed by atoms with E-state index in [1.165, 1.54) is 18.2 Å². The van der Waals surface area contributed by atoms with Gasteiger partial charge in [-0.05, 0) is 79.2 Å². The lowest BCUT2D eigenvalue weighted by Gasteiger charge is -2.17. The zero-order valence-corrected chi connectivity index (χ0v) is 20.9. The van der Waals surface area contributed by atoms with Crippen LogP contribution in [-0.4, -0.2) is 40.8 Å². The third kappa shape index (κ3) is 3.61. The summed E-state index contributed by atoms with van der Waals surface area (Å²) in [6.45, 7) is 3.04. The van der Waals surface area contributed by atoms with Gasteiger partial charge in [0.05, 0.1) is 22.2 Å². The average molecular weight is 501 g/mol. The second kappa shape index (κ2) is 8.85. The Hall–Kier alpha value is -4.97. The first-order chi connectivity index (χ1) is 18.4. The molecule has 6 heteroatoms. The maximum atomic E-state index is 13.1. The van der Waals surface area contributed by atoms with Crippen LogP contribution in [0.2, 0.25) is 0 Å². The molecule has 0 unspecified atom stereocenters. The Morgan fingerprint density at radius 1 is 0.842 bits per heavy atom. The summed E-state index contributed by atoms with van der Waals surface area (Å²) >= 11 is 0. The predicted molar refractivity (Wildman–Crippen MR) is 150 cm³/mol. The number of benzene rings is 4. The first-order valence-corrected chi connectivity index (χ1v) is 12.4. The van der Waals surface area contributed by atoms with Gasteiger partial charge in [0, 0.05) is 46.9 Å². The van der Waals surface area contributed by atoms with Gasteiger partial charge in [-0.3, -0.25) is 9.59 Å². The summed E-state index contributed by atoms with van der Waals surface area (Å²) in [5.41, 5.74) is 5.39. The summed E-state index contributed by atoms with van der Waals surface area (Å²) in [5, 5.41) is 11.3. The molecule has 1 aromatic heterocycles. The van der Waals surface area contributed by atoms with Gasteiger partial charge in [-0.2, -0.15) is 0 Å². The standard InChI is InChI=1S/C32H24N2O4/c1-3-33(2)21-10-12-22(13-11-21)34-28-7-5-4-6-23(28)25-16-19(8-15-29(25)34)17-27-30(35)24-14-9-20(32(37)38)18-26(24)31(27)36/h4-18H,3H2,1-2H3,(H,37,38). The molecular weight excluding hydrogens is 476 g/mol. The van der Waals surface area contributed by atoms with Crippen LogP contribution in [0.3, 0.4) is 0 Å². The lowest BCUT2D eigenvalue weighted by Crippen LogP contribution is -2.15. The summed E-state index contributed by atoms with van der Waals surface area (Å²) in [4.78, 5) is 39.6. The highest BCUT2D eigenvalue weighted by atomic mass is 16.4. The number of aromatic nitrogens is 1. The van der Waals surface area contributed by atoms with Crippen LogP contribution in [0.4, 0.5) is 5.69 Å². The Morgan fingerprint density at radius 2 is 1.55 bits per heavy atom. The molecule has 0 radical (unpaired) electrons. The first-order valence-electron chi connectivity index (χ1n) is 12.4. The van der Waals surface area contributed by atoms with Gasteiger partial charge >= 0.3 is 5.97 Å². The number of hydrogen-bond donors (Lipinski definition) is 1. The van der Waals surface area contributed by atoms with Gasteiger partial charge in [-0.25, -0.2) is 4.79 Å². The summed E-state index contributed by atoms with van der Waals surface area (Å²) in [5.74, 6) is -1.98. The quantitative estimate of drug-likeness (QED) is 0.223. The van der Waals surface area contributed by atoms with Crippen molar-refractivity contribution in [1.29, 1.82) is 0 Å². The molecule has 0 saturated heterocycles. The molecule has 1 N–H and O–H groups in total. The largest absolute Gasteiger partial charge is 0.478 e. The molecule has 0 saturated carbocycles. The lowest BCUT2D eigenvalue weighted by molar-refractivity contribution is 0.0696. The number of Topliss-reactive ketones (excluding diaryl/α,β-unsaturated/α-hetero) is 2. The van der Waals surface area contributed by atoms with Crippen molar-refractivity contribution in [1.82, 2.24) is 4.57 Å². The minimum atomic E-state index is -1.14. The van der Waals surface area contributed by atoms with Crippen LogP contribution in [0.1, 0.15) is 43.6 Å². The van der Waals surface area contributed by atoms with E-state index in [4.69, 9.17) is 0 Å². The number of rotatable bonds is 5. The predicted octanol–water partition coefficient (Wildman–Crippen LogP) is 6.40. The summed E-state index contributed by atoms with van der Waals surface area (Å²) in [6, 6.07) is 26.6. The maximum absolute atomic E-state index is 13.1. The van der Waals surface area contributed by atoms with Crippen LogP contribution in [0, 0.1) is 0 Å². The van der Waals surface area contributed by atoms with Crippen molar-refractivity contribution in [2.45, 2.75) is 6.92 Å². The van der Waals surface area contributed by atoms with Crippen molar-refractivity contribution < 1.29 is 19.5 Å². The molecule has 6 nitrogen and oxygen atoms in total. The molecule has 0 fully saturated rings. The Labute approximate surface area is 219 Å². The van der Waals surface area contributed by atoms with Crippen LogP contribution in [0.25, 0.3) is 33.6 Å². The SMILES string of the molecule is CCN(C)c1ccc(-n2c3ccccc3c3cc(C=C4C(=O)c5ccc(C(=O)O)cc5C4=O)ccc32)cc1. The molecule has 1 aliphatic carbocycles. The van der Waals surface area contributed by atoms with Crippen LogP contribution in [0.5, 0.6) is 0 Å². The fraction of sp³-hybridized carbons (Fsp3) is 0.0938. The number of fused-ring (bicyclic) bond motifs is 4. The Morgan fingerprint density at radius 3 is 2.29 bits per heavy atom. The molecular formula is C32H24N2O4. The number of carboxylic acid groups (broad SMARTS) is 1. The second-order valence-corrected chi connectivity index (χ2v) is 9.44. The molecule has 1 heterocycles. The summed E-state index contributed by atoms with van der Waals surface area (Å²) < 4.78 is 2.21. The van der Waals surface area contributed by atoms with Crippen molar-refractivity contribution in [3.63, 3.8) is 0 Å². The molecule has 1 aliphatic rings. The van der Waals surface area contributed by atoms with E-state index in [2.05, 4.69) is 59.8 Å². The molecule has 0 aliphatic heterocycles. The van der Waals surface area contributed by atoms with E-state index < -0.39 is 11.8 Å². The number of carboxylic acids is 1. The van der Waals surface area contributed by atoms with Crippen molar-refractivity contribution >= 4 is 51.1 Å². The minimum Gasteiger partial charge on any atom is -0.478 e. The lowest BCUT2D eigenvalue weighted by atomic mass is 10.0. The van der Waals surface area contributed by atoms with Crippen LogP contribution >= 0.6 is 0 Å².